The Kier molecular flexibility index (Phi) is 4.42. The van der Waals surface area contributed by atoms with Crippen molar-refractivity contribution in [1.29, 1.82) is 0 Å². The van der Waals surface area contributed by atoms with E-state index < -0.39 is 0 Å². The largest absolute Gasteiger partial charge is 0.495 e. The molecule has 1 aliphatic heterocycles. The molecule has 0 aliphatic carbocycles. The number of nitrogens with zero attached hydrogens (tertiary/aromatic N) is 1. The van der Waals surface area contributed by atoms with Crippen LogP contribution in [0.4, 0.5) is 0 Å². The molecule has 1 aliphatic rings. The van der Waals surface area contributed by atoms with Crippen LogP contribution in [0.1, 0.15) is 29.5 Å². The fourth-order valence-electron chi connectivity index (χ4n) is 3.41. The molecule has 0 aromatic heterocycles. The van der Waals surface area contributed by atoms with Crippen molar-refractivity contribution in [2.75, 3.05) is 20.7 Å². The highest BCUT2D eigenvalue weighted by molar-refractivity contribution is 6.32. The third-order valence-corrected chi connectivity index (χ3v) is 5.11. The van der Waals surface area contributed by atoms with Crippen molar-refractivity contribution >= 4 is 11.6 Å². The molecule has 116 valence electrons. The fourth-order valence-corrected chi connectivity index (χ4v) is 3.67. The van der Waals surface area contributed by atoms with Crippen molar-refractivity contribution in [3.63, 3.8) is 0 Å². The van der Waals surface area contributed by atoms with Crippen LogP contribution in [0.25, 0.3) is 0 Å². The molecular weight excluding hydrogens is 294 g/mol. The summed E-state index contributed by atoms with van der Waals surface area (Å²) >= 11 is 6.34. The zero-order chi connectivity index (χ0) is 15.7. The summed E-state index contributed by atoms with van der Waals surface area (Å²) in [6, 6.07) is 15.4. The Morgan fingerprint density at radius 2 is 1.91 bits per heavy atom. The van der Waals surface area contributed by atoms with Gasteiger partial charge in [-0.05, 0) is 49.2 Å². The number of likely N-dealkylation sites (N-methyl/N-ethyl adjacent to an activating group) is 1. The van der Waals surface area contributed by atoms with E-state index >= 15 is 0 Å². The lowest BCUT2D eigenvalue weighted by Gasteiger charge is -2.30. The SMILES string of the molecule is COc1cc2c(cc1Cl)CCN(C)[C@@H](C)[C@@H]2c1ccccc1. The molecule has 0 spiro atoms. The van der Waals surface area contributed by atoms with E-state index in [4.69, 9.17) is 16.3 Å². The van der Waals surface area contributed by atoms with E-state index in [1.54, 1.807) is 7.11 Å². The Hall–Kier alpha value is -1.51. The molecule has 0 saturated carbocycles. The van der Waals surface area contributed by atoms with E-state index in [2.05, 4.69) is 61.3 Å². The van der Waals surface area contributed by atoms with Crippen LogP contribution in [0.2, 0.25) is 5.02 Å². The minimum atomic E-state index is 0.329. The highest BCUT2D eigenvalue weighted by atomic mass is 35.5. The lowest BCUT2D eigenvalue weighted by atomic mass is 9.83. The number of methoxy groups -OCH3 is 1. The van der Waals surface area contributed by atoms with Crippen molar-refractivity contribution in [2.24, 2.45) is 0 Å². The molecule has 3 heteroatoms. The summed E-state index contributed by atoms with van der Waals surface area (Å²) in [7, 11) is 3.88. The molecule has 2 aromatic carbocycles. The molecule has 0 amide bonds. The monoisotopic (exact) mass is 315 g/mol. The Morgan fingerprint density at radius 3 is 2.59 bits per heavy atom. The lowest BCUT2D eigenvalue weighted by Crippen LogP contribution is -2.34. The van der Waals surface area contributed by atoms with Gasteiger partial charge in [0.1, 0.15) is 5.75 Å². The number of hydrogen-bond donors (Lipinski definition) is 0. The van der Waals surface area contributed by atoms with E-state index in [0.717, 1.165) is 18.7 Å². The van der Waals surface area contributed by atoms with Gasteiger partial charge in [0.05, 0.1) is 12.1 Å². The summed E-state index contributed by atoms with van der Waals surface area (Å²) < 4.78 is 5.45. The van der Waals surface area contributed by atoms with Gasteiger partial charge in [-0.1, -0.05) is 41.9 Å². The van der Waals surface area contributed by atoms with Gasteiger partial charge in [0.2, 0.25) is 0 Å². The molecule has 0 unspecified atom stereocenters. The van der Waals surface area contributed by atoms with Crippen LogP contribution in [0.3, 0.4) is 0 Å². The summed E-state index contributed by atoms with van der Waals surface area (Å²) in [6.07, 6.45) is 1.02. The molecule has 2 nitrogen and oxygen atoms in total. The Bertz CT molecular complexity index is 656. The van der Waals surface area contributed by atoms with Crippen molar-refractivity contribution in [3.8, 4) is 5.75 Å². The predicted octanol–water partition coefficient (Wildman–Crippen LogP) is 4.36. The van der Waals surface area contributed by atoms with Gasteiger partial charge < -0.3 is 9.64 Å². The molecule has 3 rings (SSSR count). The zero-order valence-corrected chi connectivity index (χ0v) is 14.1. The summed E-state index contributed by atoms with van der Waals surface area (Å²) in [4.78, 5) is 2.43. The van der Waals surface area contributed by atoms with Crippen molar-refractivity contribution < 1.29 is 4.74 Å². The maximum atomic E-state index is 6.34. The zero-order valence-electron chi connectivity index (χ0n) is 13.3. The normalized spacial score (nSPS) is 22.0. The molecule has 0 fully saturated rings. The predicted molar refractivity (Wildman–Crippen MR) is 92.1 cm³/mol. The number of ether oxygens (including phenoxy) is 1. The summed E-state index contributed by atoms with van der Waals surface area (Å²) in [5.74, 6) is 1.09. The smallest absolute Gasteiger partial charge is 0.137 e. The van der Waals surface area contributed by atoms with Crippen molar-refractivity contribution in [1.82, 2.24) is 4.90 Å². The first-order chi connectivity index (χ1) is 10.6. The van der Waals surface area contributed by atoms with Crippen LogP contribution in [-0.2, 0) is 6.42 Å². The number of benzene rings is 2. The molecule has 0 bridgehead atoms. The molecule has 2 aromatic rings. The van der Waals surface area contributed by atoms with Crippen LogP contribution in [-0.4, -0.2) is 31.6 Å². The lowest BCUT2D eigenvalue weighted by molar-refractivity contribution is 0.250. The van der Waals surface area contributed by atoms with Crippen LogP contribution in [0, 0.1) is 0 Å². The first-order valence-corrected chi connectivity index (χ1v) is 8.11. The minimum absolute atomic E-state index is 0.329. The van der Waals surface area contributed by atoms with Crippen LogP contribution in [0.15, 0.2) is 42.5 Å². The summed E-state index contributed by atoms with van der Waals surface area (Å²) in [6.45, 7) is 3.34. The average molecular weight is 316 g/mol. The third kappa shape index (κ3) is 2.73. The van der Waals surface area contributed by atoms with E-state index in [0.29, 0.717) is 17.0 Å². The van der Waals surface area contributed by atoms with Gasteiger partial charge in [-0.2, -0.15) is 0 Å². The first kappa shape index (κ1) is 15.4. The molecule has 0 N–H and O–H groups in total. The van der Waals surface area contributed by atoms with Gasteiger partial charge in [0.25, 0.3) is 0 Å². The second-order valence-corrected chi connectivity index (χ2v) is 6.45. The van der Waals surface area contributed by atoms with E-state index in [9.17, 15) is 0 Å². The summed E-state index contributed by atoms with van der Waals surface area (Å²) in [5.41, 5.74) is 4.01. The topological polar surface area (TPSA) is 12.5 Å². The Balaban J connectivity index is 2.18. The van der Waals surface area contributed by atoms with Crippen LogP contribution in [0.5, 0.6) is 5.75 Å². The summed E-state index contributed by atoms with van der Waals surface area (Å²) in [5, 5.41) is 0.699. The molecule has 0 radical (unpaired) electrons. The third-order valence-electron chi connectivity index (χ3n) is 4.82. The van der Waals surface area contributed by atoms with Crippen LogP contribution >= 0.6 is 11.6 Å². The number of fused-ring (bicyclic) bond motifs is 1. The van der Waals surface area contributed by atoms with Gasteiger partial charge in [0.15, 0.2) is 0 Å². The van der Waals surface area contributed by atoms with E-state index in [1.807, 2.05) is 0 Å². The molecule has 0 saturated heterocycles. The second-order valence-electron chi connectivity index (χ2n) is 6.05. The first-order valence-electron chi connectivity index (χ1n) is 7.73. The highest BCUT2D eigenvalue weighted by Crippen LogP contribution is 2.39. The molecule has 2 atom stereocenters. The van der Waals surface area contributed by atoms with Gasteiger partial charge in [-0.15, -0.1) is 0 Å². The quantitative estimate of drug-likeness (QED) is 0.816. The molecular formula is C19H22ClNO. The maximum Gasteiger partial charge on any atom is 0.137 e. The maximum absolute atomic E-state index is 6.34. The van der Waals surface area contributed by atoms with Gasteiger partial charge in [-0.25, -0.2) is 0 Å². The van der Waals surface area contributed by atoms with Crippen molar-refractivity contribution in [2.45, 2.75) is 25.3 Å². The Labute approximate surface area is 137 Å². The van der Waals surface area contributed by atoms with Gasteiger partial charge in [-0.3, -0.25) is 0 Å². The van der Waals surface area contributed by atoms with Crippen LogP contribution < -0.4 is 4.74 Å². The minimum Gasteiger partial charge on any atom is -0.495 e. The highest BCUT2D eigenvalue weighted by Gasteiger charge is 2.30. The van der Waals surface area contributed by atoms with Gasteiger partial charge >= 0.3 is 0 Å². The molecule has 1 heterocycles. The molecule has 22 heavy (non-hydrogen) atoms. The average Bonchev–Trinajstić information content (AvgIpc) is 2.65. The number of rotatable bonds is 2. The number of halogens is 1. The Morgan fingerprint density at radius 1 is 1.18 bits per heavy atom. The second kappa shape index (κ2) is 6.31. The fraction of sp³-hybridized carbons (Fsp3) is 0.368. The van der Waals surface area contributed by atoms with E-state index in [-0.39, 0.29) is 0 Å². The van der Waals surface area contributed by atoms with Crippen molar-refractivity contribution in [3.05, 3.63) is 64.2 Å². The van der Waals surface area contributed by atoms with E-state index in [1.165, 1.54) is 16.7 Å². The number of hydrogen-bond acceptors (Lipinski definition) is 2. The standard InChI is InChI=1S/C19H22ClNO/c1-13-19(14-7-5-4-6-8-14)16-12-18(22-3)17(20)11-15(16)9-10-21(13)2/h4-8,11-13,19H,9-10H2,1-3H3/t13-,19+/m0/s1. The van der Waals surface area contributed by atoms with Gasteiger partial charge in [0, 0.05) is 18.5 Å².